The van der Waals surface area contributed by atoms with Gasteiger partial charge in [0.25, 0.3) is 0 Å². The standard InChI is InChI=1S/C17H25NO4/c1-17(2,3)22-16(20)18(13-15(19)21-4)12-8-11-14-9-6-5-7-10-14/h5-7,9-10H,8,11-13H2,1-4H3. The molecule has 0 heterocycles. The Morgan fingerprint density at radius 2 is 1.77 bits per heavy atom. The summed E-state index contributed by atoms with van der Waals surface area (Å²) in [6.07, 6.45) is 1.09. The fourth-order valence-corrected chi connectivity index (χ4v) is 1.90. The number of aryl methyl sites for hydroxylation is 1. The molecule has 0 aromatic heterocycles. The lowest BCUT2D eigenvalue weighted by atomic mass is 10.1. The second-order valence-electron chi connectivity index (χ2n) is 6.07. The van der Waals surface area contributed by atoms with Gasteiger partial charge < -0.3 is 9.47 Å². The molecule has 0 fully saturated rings. The van der Waals surface area contributed by atoms with Crippen LogP contribution in [0.4, 0.5) is 4.79 Å². The van der Waals surface area contributed by atoms with E-state index in [0.717, 1.165) is 12.8 Å². The van der Waals surface area contributed by atoms with Crippen molar-refractivity contribution >= 4 is 12.1 Å². The second kappa shape index (κ2) is 8.41. The average Bonchev–Trinajstić information content (AvgIpc) is 2.45. The summed E-state index contributed by atoms with van der Waals surface area (Å²) in [5.74, 6) is -0.453. The van der Waals surface area contributed by atoms with Crippen molar-refractivity contribution in [1.29, 1.82) is 0 Å². The Bertz CT molecular complexity index is 479. The van der Waals surface area contributed by atoms with Crippen molar-refractivity contribution in [2.45, 2.75) is 39.2 Å². The monoisotopic (exact) mass is 307 g/mol. The Labute approximate surface area is 132 Å². The van der Waals surface area contributed by atoms with E-state index < -0.39 is 17.7 Å². The molecule has 1 aromatic carbocycles. The van der Waals surface area contributed by atoms with Gasteiger partial charge in [-0.25, -0.2) is 4.79 Å². The second-order valence-corrected chi connectivity index (χ2v) is 6.07. The summed E-state index contributed by atoms with van der Waals surface area (Å²) in [5, 5.41) is 0. The molecule has 0 radical (unpaired) electrons. The summed E-state index contributed by atoms with van der Waals surface area (Å²) in [4.78, 5) is 25.0. The number of amides is 1. The molecule has 0 aliphatic heterocycles. The quantitative estimate of drug-likeness (QED) is 0.758. The molecule has 22 heavy (non-hydrogen) atoms. The third-order valence-corrected chi connectivity index (χ3v) is 2.94. The van der Waals surface area contributed by atoms with Gasteiger partial charge >= 0.3 is 12.1 Å². The van der Waals surface area contributed by atoms with Gasteiger partial charge in [0.15, 0.2) is 0 Å². The first-order valence-electron chi connectivity index (χ1n) is 7.40. The zero-order valence-electron chi connectivity index (χ0n) is 13.8. The molecule has 122 valence electrons. The molecule has 0 saturated heterocycles. The lowest BCUT2D eigenvalue weighted by molar-refractivity contribution is -0.141. The number of carbonyl (C=O) groups excluding carboxylic acids is 2. The third kappa shape index (κ3) is 7.11. The van der Waals surface area contributed by atoms with Gasteiger partial charge in [0.05, 0.1) is 7.11 Å². The van der Waals surface area contributed by atoms with Gasteiger partial charge in [-0.15, -0.1) is 0 Å². The summed E-state index contributed by atoms with van der Waals surface area (Å²) in [6, 6.07) is 10.0. The Kier molecular flexibility index (Phi) is 6.89. The predicted octanol–water partition coefficient (Wildman–Crippen LogP) is 3.03. The molecule has 0 unspecified atom stereocenters. The normalized spacial score (nSPS) is 10.9. The first kappa shape index (κ1) is 18.0. The Hall–Kier alpha value is -2.04. The van der Waals surface area contributed by atoms with Crippen molar-refractivity contribution in [3.63, 3.8) is 0 Å². The van der Waals surface area contributed by atoms with Crippen LogP contribution in [0.15, 0.2) is 30.3 Å². The molecule has 5 heteroatoms. The van der Waals surface area contributed by atoms with Crippen molar-refractivity contribution in [2.75, 3.05) is 20.2 Å². The van der Waals surface area contributed by atoms with E-state index in [9.17, 15) is 9.59 Å². The van der Waals surface area contributed by atoms with Crippen LogP contribution in [0.25, 0.3) is 0 Å². The lowest BCUT2D eigenvalue weighted by Gasteiger charge is -2.26. The van der Waals surface area contributed by atoms with Gasteiger partial charge in [0.2, 0.25) is 0 Å². The molecule has 0 N–H and O–H groups in total. The zero-order valence-corrected chi connectivity index (χ0v) is 13.8. The van der Waals surface area contributed by atoms with E-state index in [4.69, 9.17) is 4.74 Å². The minimum Gasteiger partial charge on any atom is -0.468 e. The molecule has 1 amide bonds. The number of methoxy groups -OCH3 is 1. The largest absolute Gasteiger partial charge is 0.468 e. The number of nitrogens with zero attached hydrogens (tertiary/aromatic N) is 1. The molecule has 1 aromatic rings. The van der Waals surface area contributed by atoms with E-state index in [0.29, 0.717) is 6.54 Å². The van der Waals surface area contributed by atoms with Crippen LogP contribution in [0.3, 0.4) is 0 Å². The number of hydrogen-bond acceptors (Lipinski definition) is 4. The lowest BCUT2D eigenvalue weighted by Crippen LogP contribution is -2.40. The highest BCUT2D eigenvalue weighted by Crippen LogP contribution is 2.11. The average molecular weight is 307 g/mol. The van der Waals surface area contributed by atoms with Crippen LogP contribution in [-0.4, -0.2) is 42.8 Å². The molecule has 0 saturated carbocycles. The first-order valence-corrected chi connectivity index (χ1v) is 7.40. The predicted molar refractivity (Wildman–Crippen MR) is 84.6 cm³/mol. The smallest absolute Gasteiger partial charge is 0.410 e. The Balaban J connectivity index is 2.57. The molecule has 1 rings (SSSR count). The highest BCUT2D eigenvalue weighted by molar-refractivity contribution is 5.78. The van der Waals surface area contributed by atoms with Crippen LogP contribution in [0.1, 0.15) is 32.8 Å². The van der Waals surface area contributed by atoms with E-state index in [2.05, 4.69) is 4.74 Å². The summed E-state index contributed by atoms with van der Waals surface area (Å²) < 4.78 is 9.96. The SMILES string of the molecule is COC(=O)CN(CCCc1ccccc1)C(=O)OC(C)(C)C. The van der Waals surface area contributed by atoms with Crippen molar-refractivity contribution in [1.82, 2.24) is 4.90 Å². The molecule has 0 bridgehead atoms. The third-order valence-electron chi connectivity index (χ3n) is 2.94. The van der Waals surface area contributed by atoms with Crippen molar-refractivity contribution < 1.29 is 19.1 Å². The molecule has 0 spiro atoms. The van der Waals surface area contributed by atoms with E-state index in [1.165, 1.54) is 17.6 Å². The molecular formula is C17H25NO4. The number of hydrogen-bond donors (Lipinski definition) is 0. The topological polar surface area (TPSA) is 55.8 Å². The zero-order chi connectivity index (χ0) is 16.6. The summed E-state index contributed by atoms with van der Waals surface area (Å²) in [6.45, 7) is 5.74. The van der Waals surface area contributed by atoms with E-state index in [1.54, 1.807) is 20.8 Å². The summed E-state index contributed by atoms with van der Waals surface area (Å²) in [5.41, 5.74) is 0.606. The first-order chi connectivity index (χ1) is 10.3. The number of ether oxygens (including phenoxy) is 2. The maximum absolute atomic E-state index is 12.1. The number of benzene rings is 1. The number of esters is 1. The highest BCUT2D eigenvalue weighted by atomic mass is 16.6. The van der Waals surface area contributed by atoms with E-state index >= 15 is 0 Å². The number of rotatable bonds is 6. The Morgan fingerprint density at radius 3 is 2.32 bits per heavy atom. The van der Waals surface area contributed by atoms with Gasteiger partial charge in [-0.3, -0.25) is 9.69 Å². The van der Waals surface area contributed by atoms with Crippen LogP contribution >= 0.6 is 0 Å². The highest BCUT2D eigenvalue weighted by Gasteiger charge is 2.23. The van der Waals surface area contributed by atoms with E-state index in [-0.39, 0.29) is 6.54 Å². The molecule has 0 atom stereocenters. The van der Waals surface area contributed by atoms with Crippen LogP contribution in [0.2, 0.25) is 0 Å². The molecule has 0 aliphatic carbocycles. The fraction of sp³-hybridized carbons (Fsp3) is 0.529. The maximum Gasteiger partial charge on any atom is 0.410 e. The summed E-state index contributed by atoms with van der Waals surface area (Å²) in [7, 11) is 1.31. The minimum absolute atomic E-state index is 0.0970. The maximum atomic E-state index is 12.1. The van der Waals surface area contributed by atoms with Crippen molar-refractivity contribution in [3.8, 4) is 0 Å². The van der Waals surface area contributed by atoms with Crippen molar-refractivity contribution in [3.05, 3.63) is 35.9 Å². The van der Waals surface area contributed by atoms with Gasteiger partial charge in [-0.05, 0) is 39.2 Å². The van der Waals surface area contributed by atoms with Crippen LogP contribution in [0.5, 0.6) is 0 Å². The molecule has 0 aliphatic rings. The Morgan fingerprint density at radius 1 is 1.14 bits per heavy atom. The van der Waals surface area contributed by atoms with Gasteiger partial charge in [-0.1, -0.05) is 30.3 Å². The van der Waals surface area contributed by atoms with Gasteiger partial charge in [-0.2, -0.15) is 0 Å². The minimum atomic E-state index is -0.592. The van der Waals surface area contributed by atoms with Crippen LogP contribution in [-0.2, 0) is 20.7 Å². The fourth-order valence-electron chi connectivity index (χ4n) is 1.90. The molecule has 5 nitrogen and oxygen atoms in total. The summed E-state index contributed by atoms with van der Waals surface area (Å²) >= 11 is 0. The number of carbonyl (C=O) groups is 2. The molecular weight excluding hydrogens is 282 g/mol. The van der Waals surface area contributed by atoms with Crippen LogP contribution in [0, 0.1) is 0 Å². The van der Waals surface area contributed by atoms with Crippen LogP contribution < -0.4 is 0 Å². The van der Waals surface area contributed by atoms with Gasteiger partial charge in [0, 0.05) is 6.54 Å². The van der Waals surface area contributed by atoms with Gasteiger partial charge in [0.1, 0.15) is 12.1 Å². The van der Waals surface area contributed by atoms with Crippen molar-refractivity contribution in [2.24, 2.45) is 0 Å². The van der Waals surface area contributed by atoms with E-state index in [1.807, 2.05) is 30.3 Å².